The van der Waals surface area contributed by atoms with E-state index in [1.54, 1.807) is 12.1 Å². The molecule has 6 nitrogen and oxygen atoms in total. The molecular formula is C13H17N3O3. The third kappa shape index (κ3) is 3.75. The molecule has 0 radical (unpaired) electrons. The van der Waals surface area contributed by atoms with Crippen molar-refractivity contribution >= 4 is 11.6 Å². The Labute approximate surface area is 111 Å². The number of non-ortho nitro benzene ring substituents is 1. The van der Waals surface area contributed by atoms with E-state index in [-0.39, 0.29) is 17.5 Å². The third-order valence-electron chi connectivity index (χ3n) is 3.28. The average molecular weight is 263 g/mol. The molecule has 0 aliphatic carbocycles. The highest BCUT2D eigenvalue weighted by atomic mass is 16.6. The van der Waals surface area contributed by atoms with Crippen LogP contribution < -0.4 is 10.6 Å². The average Bonchev–Trinajstić information content (AvgIpc) is 2.46. The number of nitrogens with one attached hydrogen (secondary N) is 2. The molecule has 0 spiro atoms. The van der Waals surface area contributed by atoms with Gasteiger partial charge in [-0.1, -0.05) is 12.1 Å². The first-order valence-corrected chi connectivity index (χ1v) is 6.38. The molecule has 1 unspecified atom stereocenters. The summed E-state index contributed by atoms with van der Waals surface area (Å²) in [5, 5.41) is 16.6. The molecule has 102 valence electrons. The topological polar surface area (TPSA) is 84.3 Å². The van der Waals surface area contributed by atoms with E-state index in [2.05, 4.69) is 10.6 Å². The Hall–Kier alpha value is -1.95. The minimum Gasteiger partial charge on any atom is -0.352 e. The van der Waals surface area contributed by atoms with Crippen LogP contribution in [0.5, 0.6) is 0 Å². The molecule has 6 heteroatoms. The van der Waals surface area contributed by atoms with Crippen LogP contribution >= 0.6 is 0 Å². The molecule has 0 aromatic heterocycles. The van der Waals surface area contributed by atoms with Gasteiger partial charge in [0, 0.05) is 25.2 Å². The van der Waals surface area contributed by atoms with E-state index in [1.165, 1.54) is 12.1 Å². The number of hydrogen-bond donors (Lipinski definition) is 2. The minimum atomic E-state index is -0.434. The summed E-state index contributed by atoms with van der Waals surface area (Å²) in [5.41, 5.74) is 0.925. The van der Waals surface area contributed by atoms with Gasteiger partial charge in [0.1, 0.15) is 0 Å². The van der Waals surface area contributed by atoms with Gasteiger partial charge in [-0.2, -0.15) is 0 Å². The van der Waals surface area contributed by atoms with Crippen LogP contribution in [-0.2, 0) is 11.3 Å². The van der Waals surface area contributed by atoms with Crippen LogP contribution in [0.4, 0.5) is 5.69 Å². The summed E-state index contributed by atoms with van der Waals surface area (Å²) < 4.78 is 0. The fraction of sp³-hybridized carbons (Fsp3) is 0.462. The molecule has 1 atom stereocenters. The van der Waals surface area contributed by atoms with Crippen molar-refractivity contribution in [2.45, 2.75) is 19.4 Å². The highest BCUT2D eigenvalue weighted by Gasteiger charge is 2.20. The number of nitro benzene ring substituents is 1. The maximum absolute atomic E-state index is 11.9. The van der Waals surface area contributed by atoms with Gasteiger partial charge in [0.25, 0.3) is 5.69 Å². The highest BCUT2D eigenvalue weighted by Crippen LogP contribution is 2.13. The van der Waals surface area contributed by atoms with Crippen molar-refractivity contribution < 1.29 is 9.72 Å². The zero-order chi connectivity index (χ0) is 13.7. The molecule has 19 heavy (non-hydrogen) atoms. The van der Waals surface area contributed by atoms with Crippen molar-refractivity contribution in [3.8, 4) is 0 Å². The smallest absolute Gasteiger partial charge is 0.269 e. The predicted molar refractivity (Wildman–Crippen MR) is 70.5 cm³/mol. The number of carbonyl (C=O) groups excluding carboxylic acids is 1. The number of hydrogen-bond acceptors (Lipinski definition) is 4. The highest BCUT2D eigenvalue weighted by molar-refractivity contribution is 5.78. The van der Waals surface area contributed by atoms with Gasteiger partial charge >= 0.3 is 0 Å². The van der Waals surface area contributed by atoms with Gasteiger partial charge in [-0.05, 0) is 24.9 Å². The van der Waals surface area contributed by atoms with Crippen LogP contribution in [0.1, 0.15) is 18.4 Å². The standard InChI is InChI=1S/C13H17N3O3/c17-13(11-2-1-7-14-9-11)15-8-10-3-5-12(6-4-10)16(18)19/h3-6,11,14H,1-2,7-9H2,(H,15,17). The van der Waals surface area contributed by atoms with Gasteiger partial charge in [-0.15, -0.1) is 0 Å². The molecular weight excluding hydrogens is 246 g/mol. The molecule has 1 saturated heterocycles. The van der Waals surface area contributed by atoms with Crippen molar-refractivity contribution in [1.29, 1.82) is 0 Å². The number of amides is 1. The second-order valence-electron chi connectivity index (χ2n) is 4.68. The van der Waals surface area contributed by atoms with Crippen LogP contribution in [0.25, 0.3) is 0 Å². The molecule has 2 rings (SSSR count). The monoisotopic (exact) mass is 263 g/mol. The third-order valence-corrected chi connectivity index (χ3v) is 3.28. The largest absolute Gasteiger partial charge is 0.352 e. The van der Waals surface area contributed by atoms with E-state index in [0.29, 0.717) is 6.54 Å². The zero-order valence-corrected chi connectivity index (χ0v) is 10.6. The van der Waals surface area contributed by atoms with E-state index in [9.17, 15) is 14.9 Å². The molecule has 0 bridgehead atoms. The van der Waals surface area contributed by atoms with Gasteiger partial charge in [-0.25, -0.2) is 0 Å². The number of nitrogens with zero attached hydrogens (tertiary/aromatic N) is 1. The van der Waals surface area contributed by atoms with E-state index in [0.717, 1.165) is 31.5 Å². The summed E-state index contributed by atoms with van der Waals surface area (Å²) in [7, 11) is 0. The quantitative estimate of drug-likeness (QED) is 0.631. The van der Waals surface area contributed by atoms with Gasteiger partial charge in [0.2, 0.25) is 5.91 Å². The first-order chi connectivity index (χ1) is 9.16. The summed E-state index contributed by atoms with van der Waals surface area (Å²) in [5.74, 6) is 0.0809. The van der Waals surface area contributed by atoms with E-state index in [1.807, 2.05) is 0 Å². The number of benzene rings is 1. The lowest BCUT2D eigenvalue weighted by molar-refractivity contribution is -0.384. The van der Waals surface area contributed by atoms with Gasteiger partial charge in [0.15, 0.2) is 0 Å². The van der Waals surface area contributed by atoms with Crippen LogP contribution in [0.2, 0.25) is 0 Å². The van der Waals surface area contributed by atoms with E-state index < -0.39 is 4.92 Å². The second-order valence-corrected chi connectivity index (χ2v) is 4.68. The van der Waals surface area contributed by atoms with Crippen LogP contribution in [0.15, 0.2) is 24.3 Å². The Morgan fingerprint density at radius 1 is 1.42 bits per heavy atom. The lowest BCUT2D eigenvalue weighted by Crippen LogP contribution is -2.40. The summed E-state index contributed by atoms with van der Waals surface area (Å²) in [6, 6.07) is 6.22. The molecule has 0 saturated carbocycles. The first-order valence-electron chi connectivity index (χ1n) is 6.38. The molecule has 1 aliphatic heterocycles. The van der Waals surface area contributed by atoms with Crippen molar-refractivity contribution in [2.75, 3.05) is 13.1 Å². The molecule has 1 amide bonds. The first kappa shape index (κ1) is 13.5. The molecule has 1 aliphatic rings. The molecule has 1 fully saturated rings. The van der Waals surface area contributed by atoms with Crippen LogP contribution in [-0.4, -0.2) is 23.9 Å². The molecule has 1 heterocycles. The predicted octanol–water partition coefficient (Wildman–Crippen LogP) is 1.21. The van der Waals surface area contributed by atoms with Gasteiger partial charge in [0.05, 0.1) is 10.8 Å². The van der Waals surface area contributed by atoms with Crippen molar-refractivity contribution in [2.24, 2.45) is 5.92 Å². The van der Waals surface area contributed by atoms with Crippen molar-refractivity contribution in [1.82, 2.24) is 10.6 Å². The number of rotatable bonds is 4. The summed E-state index contributed by atoms with van der Waals surface area (Å²) in [4.78, 5) is 22.0. The number of carbonyl (C=O) groups is 1. The van der Waals surface area contributed by atoms with Crippen molar-refractivity contribution in [3.63, 3.8) is 0 Å². The summed E-state index contributed by atoms with van der Waals surface area (Å²) >= 11 is 0. The van der Waals surface area contributed by atoms with Crippen molar-refractivity contribution in [3.05, 3.63) is 39.9 Å². The SMILES string of the molecule is O=C(NCc1ccc([N+](=O)[O-])cc1)C1CCCNC1. The van der Waals surface area contributed by atoms with Gasteiger partial charge < -0.3 is 10.6 Å². The van der Waals surface area contributed by atoms with Gasteiger partial charge in [-0.3, -0.25) is 14.9 Å². The normalized spacial score (nSPS) is 18.8. The fourth-order valence-electron chi connectivity index (χ4n) is 2.14. The lowest BCUT2D eigenvalue weighted by atomic mass is 9.99. The molecule has 1 aromatic carbocycles. The molecule has 1 aromatic rings. The minimum absolute atomic E-state index is 0.0341. The Balaban J connectivity index is 1.84. The Kier molecular flexibility index (Phi) is 4.46. The zero-order valence-electron chi connectivity index (χ0n) is 10.6. The lowest BCUT2D eigenvalue weighted by Gasteiger charge is -2.21. The summed E-state index contributed by atoms with van der Waals surface area (Å²) in [6.45, 7) is 2.12. The second kappa shape index (κ2) is 6.29. The number of piperidine rings is 1. The summed E-state index contributed by atoms with van der Waals surface area (Å²) in [6.07, 6.45) is 1.94. The van der Waals surface area contributed by atoms with Crippen LogP contribution in [0, 0.1) is 16.0 Å². The van der Waals surface area contributed by atoms with E-state index >= 15 is 0 Å². The Morgan fingerprint density at radius 3 is 2.74 bits per heavy atom. The Morgan fingerprint density at radius 2 is 2.16 bits per heavy atom. The Bertz CT molecular complexity index is 453. The van der Waals surface area contributed by atoms with Crippen LogP contribution in [0.3, 0.4) is 0 Å². The molecule has 2 N–H and O–H groups in total. The van der Waals surface area contributed by atoms with E-state index in [4.69, 9.17) is 0 Å². The number of nitro groups is 1. The maximum atomic E-state index is 11.9. The maximum Gasteiger partial charge on any atom is 0.269 e. The fourth-order valence-corrected chi connectivity index (χ4v) is 2.14.